The van der Waals surface area contributed by atoms with Gasteiger partial charge >= 0.3 is 0 Å². The van der Waals surface area contributed by atoms with Gasteiger partial charge in [0.05, 0.1) is 11.6 Å². The van der Waals surface area contributed by atoms with E-state index in [1.165, 1.54) is 12.8 Å². The lowest BCUT2D eigenvalue weighted by atomic mass is 9.91. The third-order valence-electron chi connectivity index (χ3n) is 4.48. The highest BCUT2D eigenvalue weighted by atomic mass is 15.4. The van der Waals surface area contributed by atoms with E-state index in [1.54, 1.807) is 0 Å². The molecule has 1 aliphatic rings. The van der Waals surface area contributed by atoms with Crippen LogP contribution in [0.4, 0.5) is 0 Å². The zero-order valence-corrected chi connectivity index (χ0v) is 13.3. The number of rotatable bonds is 6. The van der Waals surface area contributed by atoms with Crippen LogP contribution in [-0.2, 0) is 6.54 Å². The molecule has 4 heteroatoms. The van der Waals surface area contributed by atoms with Crippen LogP contribution in [0.1, 0.15) is 37.8 Å². The van der Waals surface area contributed by atoms with Gasteiger partial charge in [0.2, 0.25) is 0 Å². The van der Waals surface area contributed by atoms with Crippen LogP contribution in [0.2, 0.25) is 0 Å². The summed E-state index contributed by atoms with van der Waals surface area (Å²) in [5.74, 6) is 0.699. The summed E-state index contributed by atoms with van der Waals surface area (Å²) in [5.41, 5.74) is 8.53. The van der Waals surface area contributed by atoms with Crippen LogP contribution >= 0.6 is 0 Å². The lowest BCUT2D eigenvalue weighted by molar-refractivity contribution is 0.296. The molecule has 1 saturated heterocycles. The molecule has 0 bridgehead atoms. The van der Waals surface area contributed by atoms with Gasteiger partial charge in [0.25, 0.3) is 0 Å². The molecule has 1 heterocycles. The molecule has 1 aromatic carbocycles. The first-order valence-electron chi connectivity index (χ1n) is 7.79. The van der Waals surface area contributed by atoms with Gasteiger partial charge in [-0.1, -0.05) is 18.2 Å². The van der Waals surface area contributed by atoms with Crippen LogP contribution < -0.4 is 10.9 Å². The van der Waals surface area contributed by atoms with Crippen molar-refractivity contribution in [3.05, 3.63) is 35.4 Å². The Morgan fingerprint density at radius 1 is 1.19 bits per heavy atom. The van der Waals surface area contributed by atoms with E-state index in [-0.39, 0.29) is 0 Å². The third kappa shape index (κ3) is 4.28. The minimum atomic E-state index is 0.546. The number of nitrogens with zero attached hydrogens (tertiary/aromatic N) is 2. The van der Waals surface area contributed by atoms with Crippen molar-refractivity contribution >= 4 is 0 Å². The molecular weight excluding hydrogens is 260 g/mol. The molecular formula is C17H26N4. The van der Waals surface area contributed by atoms with Crippen molar-refractivity contribution in [2.45, 2.75) is 45.3 Å². The Bertz CT molecular complexity index is 484. The van der Waals surface area contributed by atoms with Crippen molar-refractivity contribution in [2.75, 3.05) is 13.6 Å². The minimum absolute atomic E-state index is 0.546. The number of hydrogen-bond acceptors (Lipinski definition) is 4. The van der Waals surface area contributed by atoms with E-state index >= 15 is 0 Å². The number of hydrogen-bond donors (Lipinski definition) is 2. The van der Waals surface area contributed by atoms with Crippen LogP contribution in [0, 0.1) is 17.2 Å². The first kappa shape index (κ1) is 16.0. The van der Waals surface area contributed by atoms with Gasteiger partial charge in [-0.3, -0.25) is 10.9 Å². The predicted molar refractivity (Wildman–Crippen MR) is 85.4 cm³/mol. The molecule has 4 nitrogen and oxygen atoms in total. The highest BCUT2D eigenvalue weighted by Gasteiger charge is 2.28. The summed E-state index contributed by atoms with van der Waals surface area (Å²) < 4.78 is 0. The summed E-state index contributed by atoms with van der Waals surface area (Å²) in [6.07, 6.45) is 2.42. The first-order chi connectivity index (χ1) is 10.1. The summed E-state index contributed by atoms with van der Waals surface area (Å²) in [6, 6.07) is 11.2. The average Bonchev–Trinajstić information content (AvgIpc) is 2.79. The fraction of sp³-hybridized carbons (Fsp3) is 0.588. The molecule has 0 amide bonds. The fourth-order valence-electron chi connectivity index (χ4n) is 3.14. The topological polar surface area (TPSA) is 51.1 Å². The van der Waals surface area contributed by atoms with E-state index in [0.717, 1.165) is 24.2 Å². The van der Waals surface area contributed by atoms with Crippen molar-refractivity contribution in [1.29, 1.82) is 5.26 Å². The van der Waals surface area contributed by atoms with Gasteiger partial charge in [-0.2, -0.15) is 5.26 Å². The summed E-state index contributed by atoms with van der Waals surface area (Å²) >= 11 is 0. The largest absolute Gasteiger partial charge is 0.302 e. The molecule has 2 rings (SSSR count). The third-order valence-corrected chi connectivity index (χ3v) is 4.48. The maximum absolute atomic E-state index is 9.13. The van der Waals surface area contributed by atoms with Gasteiger partial charge in [-0.05, 0) is 57.8 Å². The molecule has 2 unspecified atom stereocenters. The van der Waals surface area contributed by atoms with Gasteiger partial charge in [0, 0.05) is 18.6 Å². The zero-order chi connectivity index (χ0) is 15.2. The average molecular weight is 286 g/mol. The maximum Gasteiger partial charge on any atom is 0.0995 e. The van der Waals surface area contributed by atoms with E-state index in [2.05, 4.69) is 42.7 Å². The molecule has 0 spiro atoms. The van der Waals surface area contributed by atoms with E-state index in [1.807, 2.05) is 24.3 Å². The maximum atomic E-state index is 9.13. The second kappa shape index (κ2) is 7.56. The monoisotopic (exact) mass is 286 g/mol. The predicted octanol–water partition coefficient (Wildman–Crippen LogP) is 2.27. The van der Waals surface area contributed by atoms with Crippen molar-refractivity contribution in [1.82, 2.24) is 15.8 Å². The highest BCUT2D eigenvalue weighted by Crippen LogP contribution is 2.20. The molecule has 1 fully saturated rings. The Morgan fingerprint density at radius 2 is 1.86 bits per heavy atom. The van der Waals surface area contributed by atoms with E-state index < -0.39 is 0 Å². The number of nitrogens with one attached hydrogen (secondary N) is 2. The normalized spacial score (nSPS) is 25.2. The molecule has 2 N–H and O–H groups in total. The Balaban J connectivity index is 1.77. The molecule has 21 heavy (non-hydrogen) atoms. The van der Waals surface area contributed by atoms with Gasteiger partial charge in [-0.15, -0.1) is 0 Å². The summed E-state index contributed by atoms with van der Waals surface area (Å²) in [7, 11) is 2.13. The van der Waals surface area contributed by atoms with Crippen LogP contribution in [0.25, 0.3) is 0 Å². The lowest BCUT2D eigenvalue weighted by Gasteiger charge is -2.21. The zero-order valence-electron chi connectivity index (χ0n) is 13.3. The van der Waals surface area contributed by atoms with Crippen LogP contribution in [0.5, 0.6) is 0 Å². The molecule has 0 aliphatic carbocycles. The standard InChI is InChI=1S/C17H26N4/c1-13-17(14(2)20-19-13)9-6-10-21(3)12-16-8-5-4-7-15(16)11-18/h4-5,7-8,13-14,17,19-20H,6,9-10,12H2,1-3H3. The smallest absolute Gasteiger partial charge is 0.0995 e. The van der Waals surface area contributed by atoms with Crippen LogP contribution in [0.3, 0.4) is 0 Å². The summed E-state index contributed by atoms with van der Waals surface area (Å²) in [5, 5.41) is 9.13. The van der Waals surface area contributed by atoms with Crippen molar-refractivity contribution in [3.8, 4) is 6.07 Å². The summed E-state index contributed by atoms with van der Waals surface area (Å²) in [4.78, 5) is 2.31. The second-order valence-corrected chi connectivity index (χ2v) is 6.18. The van der Waals surface area contributed by atoms with Crippen molar-refractivity contribution in [2.24, 2.45) is 5.92 Å². The second-order valence-electron chi connectivity index (χ2n) is 6.18. The molecule has 1 aliphatic heterocycles. The van der Waals surface area contributed by atoms with Gasteiger partial charge < -0.3 is 4.90 Å². The van der Waals surface area contributed by atoms with Gasteiger partial charge in [-0.25, -0.2) is 0 Å². The molecule has 2 atom stereocenters. The lowest BCUT2D eigenvalue weighted by Crippen LogP contribution is -2.30. The van der Waals surface area contributed by atoms with E-state index in [0.29, 0.717) is 18.0 Å². The Morgan fingerprint density at radius 3 is 2.52 bits per heavy atom. The van der Waals surface area contributed by atoms with E-state index in [9.17, 15) is 0 Å². The van der Waals surface area contributed by atoms with Gasteiger partial charge in [0.15, 0.2) is 0 Å². The van der Waals surface area contributed by atoms with Gasteiger partial charge in [0.1, 0.15) is 0 Å². The SMILES string of the molecule is CC1NNC(C)C1CCCN(C)Cc1ccccc1C#N. The Hall–Kier alpha value is -1.41. The molecule has 0 aromatic heterocycles. The quantitative estimate of drug-likeness (QED) is 0.842. The van der Waals surface area contributed by atoms with Crippen LogP contribution in [-0.4, -0.2) is 30.6 Å². The number of nitriles is 1. The molecule has 114 valence electrons. The Labute approximate surface area is 128 Å². The number of benzene rings is 1. The highest BCUT2D eigenvalue weighted by molar-refractivity contribution is 5.37. The fourth-order valence-corrected chi connectivity index (χ4v) is 3.14. The molecule has 0 radical (unpaired) electrons. The van der Waals surface area contributed by atoms with Crippen molar-refractivity contribution in [3.63, 3.8) is 0 Å². The molecule has 1 aromatic rings. The number of hydrazine groups is 1. The first-order valence-corrected chi connectivity index (χ1v) is 7.79. The minimum Gasteiger partial charge on any atom is -0.302 e. The van der Waals surface area contributed by atoms with E-state index in [4.69, 9.17) is 5.26 Å². The van der Waals surface area contributed by atoms with Crippen LogP contribution in [0.15, 0.2) is 24.3 Å². The molecule has 0 saturated carbocycles. The summed E-state index contributed by atoms with van der Waals surface area (Å²) in [6.45, 7) is 6.40. The van der Waals surface area contributed by atoms with Crippen molar-refractivity contribution < 1.29 is 0 Å². The Kier molecular flexibility index (Phi) is 5.75.